The molecule has 1 aromatic rings. The maximum absolute atomic E-state index is 11.5. The second-order valence-corrected chi connectivity index (χ2v) is 2.79. The average molecular weight is 191 g/mol. The quantitative estimate of drug-likeness (QED) is 0.541. The van der Waals surface area contributed by atoms with Crippen molar-refractivity contribution in [1.29, 1.82) is 0 Å². The van der Waals surface area contributed by atoms with Crippen molar-refractivity contribution in [2.75, 3.05) is 7.11 Å². The first-order valence-electron chi connectivity index (χ1n) is 4.47. The van der Waals surface area contributed by atoms with E-state index in [0.717, 1.165) is 6.42 Å². The number of aromatic nitrogens is 1. The molecule has 3 heteroatoms. The van der Waals surface area contributed by atoms with Crippen LogP contribution in [0.2, 0.25) is 0 Å². The zero-order valence-corrected chi connectivity index (χ0v) is 8.36. The number of ether oxygens (including phenoxy) is 1. The largest absolute Gasteiger partial charge is 0.495 e. The number of carbonyl (C=O) groups is 1. The van der Waals surface area contributed by atoms with E-state index in [1.165, 1.54) is 6.20 Å². The Morgan fingerprint density at radius 1 is 1.57 bits per heavy atom. The lowest BCUT2D eigenvalue weighted by molar-refractivity contribution is 0.104. The normalized spacial score (nSPS) is 10.4. The Hall–Kier alpha value is -1.64. The molecule has 0 saturated carbocycles. The smallest absolute Gasteiger partial charge is 0.187 e. The summed E-state index contributed by atoms with van der Waals surface area (Å²) in [5, 5.41) is 0. The van der Waals surface area contributed by atoms with Gasteiger partial charge in [-0.25, -0.2) is 0 Å². The zero-order chi connectivity index (χ0) is 10.4. The Balaban J connectivity index is 2.84. The van der Waals surface area contributed by atoms with Gasteiger partial charge in [0.05, 0.1) is 13.3 Å². The molecule has 14 heavy (non-hydrogen) atoms. The van der Waals surface area contributed by atoms with E-state index in [0.29, 0.717) is 11.3 Å². The molecule has 0 radical (unpaired) electrons. The summed E-state index contributed by atoms with van der Waals surface area (Å²) in [7, 11) is 1.55. The van der Waals surface area contributed by atoms with Crippen LogP contribution in [-0.2, 0) is 0 Å². The molecule has 0 atom stereocenters. The number of carbonyl (C=O) groups excluding carboxylic acids is 1. The summed E-state index contributed by atoms with van der Waals surface area (Å²) < 4.78 is 4.97. The van der Waals surface area contributed by atoms with E-state index in [-0.39, 0.29) is 5.78 Å². The molecule has 1 heterocycles. The van der Waals surface area contributed by atoms with Crippen LogP contribution in [0.25, 0.3) is 0 Å². The second kappa shape index (κ2) is 5.17. The van der Waals surface area contributed by atoms with Crippen LogP contribution >= 0.6 is 0 Å². The number of pyridine rings is 1. The number of rotatable bonds is 4. The van der Waals surface area contributed by atoms with Gasteiger partial charge in [0, 0.05) is 11.8 Å². The molecule has 0 bridgehead atoms. The van der Waals surface area contributed by atoms with Gasteiger partial charge in [0.25, 0.3) is 0 Å². The third-order valence-corrected chi connectivity index (χ3v) is 1.74. The van der Waals surface area contributed by atoms with Gasteiger partial charge in [-0.15, -0.1) is 0 Å². The third-order valence-electron chi connectivity index (χ3n) is 1.74. The van der Waals surface area contributed by atoms with E-state index in [4.69, 9.17) is 4.74 Å². The van der Waals surface area contributed by atoms with E-state index in [9.17, 15) is 4.79 Å². The fraction of sp³-hybridized carbons (Fsp3) is 0.273. The molecule has 0 aliphatic rings. The minimum absolute atomic E-state index is 0.0433. The Morgan fingerprint density at radius 2 is 2.36 bits per heavy atom. The minimum Gasteiger partial charge on any atom is -0.495 e. The number of nitrogens with zero attached hydrogens (tertiary/aromatic N) is 1. The molecule has 74 valence electrons. The molecule has 0 aliphatic heterocycles. The van der Waals surface area contributed by atoms with Gasteiger partial charge in [0.2, 0.25) is 0 Å². The van der Waals surface area contributed by atoms with Crippen LogP contribution in [0.3, 0.4) is 0 Å². The maximum atomic E-state index is 11.5. The molecule has 1 rings (SSSR count). The Kier molecular flexibility index (Phi) is 3.85. The van der Waals surface area contributed by atoms with Crippen molar-refractivity contribution in [2.45, 2.75) is 13.3 Å². The molecule has 0 fully saturated rings. The molecule has 0 N–H and O–H groups in total. The highest BCUT2D eigenvalue weighted by Crippen LogP contribution is 2.11. The van der Waals surface area contributed by atoms with Crippen molar-refractivity contribution >= 4 is 5.78 Å². The number of hydrogen-bond acceptors (Lipinski definition) is 3. The van der Waals surface area contributed by atoms with E-state index in [1.807, 2.05) is 13.0 Å². The molecular weight excluding hydrogens is 178 g/mol. The molecule has 1 aromatic heterocycles. The van der Waals surface area contributed by atoms with Crippen LogP contribution in [0.5, 0.6) is 5.75 Å². The third kappa shape index (κ3) is 2.69. The summed E-state index contributed by atoms with van der Waals surface area (Å²) in [5.74, 6) is 0.555. The molecule has 0 saturated heterocycles. The first-order chi connectivity index (χ1) is 6.77. The van der Waals surface area contributed by atoms with Crippen molar-refractivity contribution in [3.05, 3.63) is 36.2 Å². The molecule has 3 nitrogen and oxygen atoms in total. The van der Waals surface area contributed by atoms with Gasteiger partial charge in [-0.1, -0.05) is 13.0 Å². The zero-order valence-electron chi connectivity index (χ0n) is 8.36. The van der Waals surface area contributed by atoms with Gasteiger partial charge in [0.1, 0.15) is 5.75 Å². The molecule has 0 aromatic carbocycles. The molecule has 0 aliphatic carbocycles. The lowest BCUT2D eigenvalue weighted by Crippen LogP contribution is -1.96. The number of ketones is 1. The van der Waals surface area contributed by atoms with E-state index in [1.54, 1.807) is 25.4 Å². The van der Waals surface area contributed by atoms with Gasteiger partial charge in [-0.05, 0) is 18.6 Å². The molecule has 0 unspecified atom stereocenters. The maximum Gasteiger partial charge on any atom is 0.187 e. The number of methoxy groups -OCH3 is 1. The van der Waals surface area contributed by atoms with Crippen molar-refractivity contribution in [2.24, 2.45) is 0 Å². The fourth-order valence-corrected chi connectivity index (χ4v) is 0.986. The second-order valence-electron chi connectivity index (χ2n) is 2.79. The highest BCUT2D eigenvalue weighted by molar-refractivity contribution is 6.04. The lowest BCUT2D eigenvalue weighted by atomic mass is 10.1. The standard InChI is InChI=1S/C11H13NO2/c1-3-4-5-11(13)9-6-10(14-2)8-12-7-9/h4-8H,3H2,1-2H3/b5-4+. The van der Waals surface area contributed by atoms with Crippen LogP contribution in [-0.4, -0.2) is 17.9 Å². The first-order valence-corrected chi connectivity index (χ1v) is 4.47. The Bertz CT molecular complexity index is 345. The fourth-order valence-electron chi connectivity index (χ4n) is 0.986. The van der Waals surface area contributed by atoms with Crippen LogP contribution in [0.15, 0.2) is 30.6 Å². The van der Waals surface area contributed by atoms with Gasteiger partial charge in [-0.3, -0.25) is 9.78 Å². The van der Waals surface area contributed by atoms with Crippen molar-refractivity contribution in [3.8, 4) is 5.75 Å². The van der Waals surface area contributed by atoms with Gasteiger partial charge in [0.15, 0.2) is 5.78 Å². The molecular formula is C11H13NO2. The first kappa shape index (κ1) is 10.4. The van der Waals surface area contributed by atoms with Crippen molar-refractivity contribution < 1.29 is 9.53 Å². The minimum atomic E-state index is -0.0433. The average Bonchev–Trinajstić information content (AvgIpc) is 2.26. The predicted octanol–water partition coefficient (Wildman–Crippen LogP) is 2.24. The number of hydrogen-bond donors (Lipinski definition) is 0. The van der Waals surface area contributed by atoms with Crippen molar-refractivity contribution in [1.82, 2.24) is 4.98 Å². The summed E-state index contributed by atoms with van der Waals surface area (Å²) in [6.45, 7) is 1.98. The SMILES string of the molecule is CC/C=C/C(=O)c1cncc(OC)c1. The van der Waals surface area contributed by atoms with E-state index < -0.39 is 0 Å². The molecule has 0 spiro atoms. The van der Waals surface area contributed by atoms with Gasteiger partial charge >= 0.3 is 0 Å². The summed E-state index contributed by atoms with van der Waals surface area (Å²) in [5.41, 5.74) is 0.550. The van der Waals surface area contributed by atoms with Gasteiger partial charge < -0.3 is 4.74 Å². The summed E-state index contributed by atoms with van der Waals surface area (Å²) in [6.07, 6.45) is 7.33. The molecule has 0 amide bonds. The van der Waals surface area contributed by atoms with E-state index in [2.05, 4.69) is 4.98 Å². The van der Waals surface area contributed by atoms with E-state index >= 15 is 0 Å². The predicted molar refractivity (Wildman–Crippen MR) is 54.6 cm³/mol. The highest BCUT2D eigenvalue weighted by Gasteiger charge is 2.02. The topological polar surface area (TPSA) is 39.2 Å². The summed E-state index contributed by atoms with van der Waals surface area (Å²) in [4.78, 5) is 15.4. The van der Waals surface area contributed by atoms with Gasteiger partial charge in [-0.2, -0.15) is 0 Å². The summed E-state index contributed by atoms with van der Waals surface area (Å²) in [6, 6.07) is 1.68. The number of allylic oxidation sites excluding steroid dienone is 2. The Morgan fingerprint density at radius 3 is 3.00 bits per heavy atom. The lowest BCUT2D eigenvalue weighted by Gasteiger charge is -1.99. The van der Waals surface area contributed by atoms with Crippen LogP contribution in [0.1, 0.15) is 23.7 Å². The highest BCUT2D eigenvalue weighted by atomic mass is 16.5. The Labute approximate surface area is 83.4 Å². The van der Waals surface area contributed by atoms with Crippen LogP contribution in [0, 0.1) is 0 Å². The van der Waals surface area contributed by atoms with Crippen LogP contribution < -0.4 is 4.74 Å². The summed E-state index contributed by atoms with van der Waals surface area (Å²) >= 11 is 0. The van der Waals surface area contributed by atoms with Crippen molar-refractivity contribution in [3.63, 3.8) is 0 Å². The van der Waals surface area contributed by atoms with Crippen LogP contribution in [0.4, 0.5) is 0 Å². The monoisotopic (exact) mass is 191 g/mol.